The van der Waals surface area contributed by atoms with Crippen molar-refractivity contribution >= 4 is 44.5 Å². The summed E-state index contributed by atoms with van der Waals surface area (Å²) in [6.45, 7) is 6.54. The minimum absolute atomic E-state index is 0.476. The van der Waals surface area contributed by atoms with Gasteiger partial charge < -0.3 is 4.98 Å². The summed E-state index contributed by atoms with van der Waals surface area (Å²) in [6, 6.07) is 8.51. The van der Waals surface area contributed by atoms with Crippen molar-refractivity contribution in [2.45, 2.75) is 33.1 Å². The van der Waals surface area contributed by atoms with Gasteiger partial charge in [-0.05, 0) is 24.0 Å². The SMILES string of the molecule is CCc1cccc2c(/C=N/Nc3ncnc4sc(C(C)C)cc34)c[nH]c12. The molecule has 0 amide bonds. The first-order chi connectivity index (χ1) is 12.7. The normalized spacial score (nSPS) is 12.0. The van der Waals surface area contributed by atoms with E-state index in [-0.39, 0.29) is 0 Å². The molecule has 132 valence electrons. The van der Waals surface area contributed by atoms with E-state index in [1.807, 2.05) is 12.4 Å². The molecule has 0 spiro atoms. The zero-order valence-electron chi connectivity index (χ0n) is 15.1. The standard InChI is InChI=1S/C20H21N5S/c1-4-13-6-5-7-15-14(9-21-18(13)15)10-24-25-19-16-8-17(12(2)3)26-20(16)23-11-22-19/h5-12,21H,4H2,1-3H3,(H,22,23,25)/b24-10+. The number of thiophene rings is 1. The minimum Gasteiger partial charge on any atom is -0.360 e. The van der Waals surface area contributed by atoms with Crippen LogP contribution in [0.3, 0.4) is 0 Å². The average molecular weight is 363 g/mol. The molecule has 4 rings (SSSR count). The van der Waals surface area contributed by atoms with Gasteiger partial charge in [-0.25, -0.2) is 9.97 Å². The number of hydrogen-bond acceptors (Lipinski definition) is 5. The number of aromatic amines is 1. The topological polar surface area (TPSA) is 66.0 Å². The second-order valence-electron chi connectivity index (χ2n) is 6.55. The molecule has 0 atom stereocenters. The van der Waals surface area contributed by atoms with E-state index in [1.165, 1.54) is 21.3 Å². The van der Waals surface area contributed by atoms with E-state index in [0.29, 0.717) is 5.92 Å². The predicted molar refractivity (Wildman–Crippen MR) is 110 cm³/mol. The van der Waals surface area contributed by atoms with Gasteiger partial charge in [0.2, 0.25) is 0 Å². The number of nitrogens with zero attached hydrogens (tertiary/aromatic N) is 3. The Hall–Kier alpha value is -2.73. The average Bonchev–Trinajstić information content (AvgIpc) is 3.26. The van der Waals surface area contributed by atoms with Gasteiger partial charge in [0.25, 0.3) is 0 Å². The summed E-state index contributed by atoms with van der Waals surface area (Å²) < 4.78 is 0. The maximum atomic E-state index is 4.41. The van der Waals surface area contributed by atoms with E-state index in [2.05, 4.69) is 70.5 Å². The molecule has 0 fully saturated rings. The number of anilines is 1. The fourth-order valence-electron chi connectivity index (χ4n) is 3.05. The van der Waals surface area contributed by atoms with E-state index in [0.717, 1.165) is 28.0 Å². The van der Waals surface area contributed by atoms with Crippen molar-refractivity contribution < 1.29 is 0 Å². The molecule has 0 aliphatic carbocycles. The number of hydrazone groups is 1. The summed E-state index contributed by atoms with van der Waals surface area (Å²) in [7, 11) is 0. The van der Waals surface area contributed by atoms with Crippen molar-refractivity contribution in [3.05, 3.63) is 52.8 Å². The van der Waals surface area contributed by atoms with Crippen LogP contribution in [-0.2, 0) is 6.42 Å². The molecule has 0 radical (unpaired) electrons. The van der Waals surface area contributed by atoms with E-state index < -0.39 is 0 Å². The summed E-state index contributed by atoms with van der Waals surface area (Å²) >= 11 is 1.71. The maximum Gasteiger partial charge on any atom is 0.158 e. The van der Waals surface area contributed by atoms with Gasteiger partial charge in [0.05, 0.1) is 11.6 Å². The summed E-state index contributed by atoms with van der Waals surface area (Å²) in [6.07, 6.45) is 6.41. The van der Waals surface area contributed by atoms with Gasteiger partial charge in [0.1, 0.15) is 11.2 Å². The Morgan fingerprint density at radius 2 is 2.15 bits per heavy atom. The van der Waals surface area contributed by atoms with Crippen LogP contribution in [0, 0.1) is 0 Å². The first-order valence-corrected chi connectivity index (χ1v) is 9.61. The fraction of sp³-hybridized carbons (Fsp3) is 0.250. The van der Waals surface area contributed by atoms with Crippen LogP contribution in [0.4, 0.5) is 5.82 Å². The Morgan fingerprint density at radius 3 is 2.96 bits per heavy atom. The van der Waals surface area contributed by atoms with Crippen LogP contribution in [0.1, 0.15) is 42.7 Å². The van der Waals surface area contributed by atoms with Crippen molar-refractivity contribution in [3.8, 4) is 0 Å². The first kappa shape index (κ1) is 16.7. The van der Waals surface area contributed by atoms with Crippen molar-refractivity contribution in [2.75, 3.05) is 5.43 Å². The highest BCUT2D eigenvalue weighted by atomic mass is 32.1. The molecule has 6 heteroatoms. The number of aromatic nitrogens is 3. The zero-order chi connectivity index (χ0) is 18.1. The molecular formula is C20H21N5S. The molecule has 0 bridgehead atoms. The summed E-state index contributed by atoms with van der Waals surface area (Å²) in [5.74, 6) is 1.22. The highest BCUT2D eigenvalue weighted by molar-refractivity contribution is 7.18. The van der Waals surface area contributed by atoms with Crippen molar-refractivity contribution in [1.82, 2.24) is 15.0 Å². The second-order valence-corrected chi connectivity index (χ2v) is 7.61. The molecule has 26 heavy (non-hydrogen) atoms. The largest absolute Gasteiger partial charge is 0.360 e. The Kier molecular flexibility index (Phi) is 4.42. The molecule has 0 unspecified atom stereocenters. The Labute approximate surface area is 156 Å². The minimum atomic E-state index is 0.476. The lowest BCUT2D eigenvalue weighted by molar-refractivity contribution is 0.890. The van der Waals surface area contributed by atoms with Crippen LogP contribution in [-0.4, -0.2) is 21.2 Å². The molecule has 5 nitrogen and oxygen atoms in total. The van der Waals surface area contributed by atoms with Gasteiger partial charge in [-0.1, -0.05) is 39.0 Å². The third-order valence-electron chi connectivity index (χ3n) is 4.51. The number of H-pyrrole nitrogens is 1. The fourth-order valence-corrected chi connectivity index (χ4v) is 4.05. The van der Waals surface area contributed by atoms with Gasteiger partial charge >= 0.3 is 0 Å². The van der Waals surface area contributed by atoms with Gasteiger partial charge in [-0.3, -0.25) is 5.43 Å². The summed E-state index contributed by atoms with van der Waals surface area (Å²) in [5.41, 5.74) is 6.63. The number of para-hydroxylation sites is 1. The number of benzene rings is 1. The Balaban J connectivity index is 1.62. The van der Waals surface area contributed by atoms with Crippen molar-refractivity contribution in [1.29, 1.82) is 0 Å². The summed E-state index contributed by atoms with van der Waals surface area (Å²) in [5, 5.41) is 6.61. The highest BCUT2D eigenvalue weighted by Gasteiger charge is 2.10. The van der Waals surface area contributed by atoms with Gasteiger partial charge in [0.15, 0.2) is 5.82 Å². The van der Waals surface area contributed by atoms with Crippen LogP contribution in [0.2, 0.25) is 0 Å². The number of aryl methyl sites for hydroxylation is 1. The van der Waals surface area contributed by atoms with Crippen LogP contribution in [0.25, 0.3) is 21.1 Å². The molecule has 3 aromatic heterocycles. The van der Waals surface area contributed by atoms with E-state index in [9.17, 15) is 0 Å². The van der Waals surface area contributed by atoms with Crippen LogP contribution in [0.5, 0.6) is 0 Å². The molecule has 0 saturated heterocycles. The van der Waals surface area contributed by atoms with E-state index in [1.54, 1.807) is 17.7 Å². The highest BCUT2D eigenvalue weighted by Crippen LogP contribution is 2.32. The molecule has 3 heterocycles. The molecule has 0 saturated carbocycles. The predicted octanol–water partition coefficient (Wildman–Crippen LogP) is 5.30. The number of fused-ring (bicyclic) bond motifs is 2. The third kappa shape index (κ3) is 2.97. The third-order valence-corrected chi connectivity index (χ3v) is 5.85. The maximum absolute atomic E-state index is 4.41. The number of rotatable bonds is 5. The lowest BCUT2D eigenvalue weighted by Crippen LogP contribution is -1.94. The van der Waals surface area contributed by atoms with Gasteiger partial charge in [0, 0.05) is 27.5 Å². The number of nitrogens with one attached hydrogen (secondary N) is 2. The van der Waals surface area contributed by atoms with Crippen molar-refractivity contribution in [2.24, 2.45) is 5.10 Å². The molecule has 0 aliphatic heterocycles. The summed E-state index contributed by atoms with van der Waals surface area (Å²) in [4.78, 5) is 14.4. The van der Waals surface area contributed by atoms with Gasteiger partial charge in [-0.2, -0.15) is 5.10 Å². The Bertz CT molecular complexity index is 1090. The quantitative estimate of drug-likeness (QED) is 0.373. The first-order valence-electron chi connectivity index (χ1n) is 8.80. The van der Waals surface area contributed by atoms with Crippen LogP contribution in [0.15, 0.2) is 41.9 Å². The molecular weight excluding hydrogens is 342 g/mol. The second kappa shape index (κ2) is 6.88. The van der Waals surface area contributed by atoms with Crippen LogP contribution >= 0.6 is 11.3 Å². The lowest BCUT2D eigenvalue weighted by atomic mass is 10.1. The monoisotopic (exact) mass is 363 g/mol. The molecule has 4 aromatic rings. The Morgan fingerprint density at radius 1 is 1.27 bits per heavy atom. The van der Waals surface area contributed by atoms with E-state index in [4.69, 9.17) is 0 Å². The van der Waals surface area contributed by atoms with Gasteiger partial charge in [-0.15, -0.1) is 11.3 Å². The molecule has 0 aliphatic rings. The lowest BCUT2D eigenvalue weighted by Gasteiger charge is -2.00. The van der Waals surface area contributed by atoms with Crippen LogP contribution < -0.4 is 5.43 Å². The molecule has 1 aromatic carbocycles. The smallest absolute Gasteiger partial charge is 0.158 e. The van der Waals surface area contributed by atoms with Crippen molar-refractivity contribution in [3.63, 3.8) is 0 Å². The number of hydrogen-bond donors (Lipinski definition) is 2. The molecule has 2 N–H and O–H groups in total. The van der Waals surface area contributed by atoms with E-state index >= 15 is 0 Å². The zero-order valence-corrected chi connectivity index (χ0v) is 15.9.